The van der Waals surface area contributed by atoms with E-state index in [1.165, 1.54) is 11.8 Å². The van der Waals surface area contributed by atoms with E-state index < -0.39 is 0 Å². The first kappa shape index (κ1) is 10.4. The number of hydrogen-bond acceptors (Lipinski definition) is 4. The standard InChI is InChI=1S/C10H7BrN4O2/c1-14-9(16)6-4(11)3-5-8(7(6)10(14)17)13-15(2)12-5/h3H,1-2H3. The van der Waals surface area contributed by atoms with Gasteiger partial charge in [-0.3, -0.25) is 14.5 Å². The number of amides is 2. The third kappa shape index (κ3) is 1.20. The van der Waals surface area contributed by atoms with Gasteiger partial charge < -0.3 is 0 Å². The van der Waals surface area contributed by atoms with Crippen LogP contribution >= 0.6 is 15.9 Å². The summed E-state index contributed by atoms with van der Waals surface area (Å²) in [6, 6.07) is 1.70. The summed E-state index contributed by atoms with van der Waals surface area (Å²) in [7, 11) is 3.13. The molecular weight excluding hydrogens is 288 g/mol. The number of carbonyl (C=O) groups excluding carboxylic acids is 2. The van der Waals surface area contributed by atoms with Crippen LogP contribution in [0.1, 0.15) is 20.7 Å². The number of carbonyl (C=O) groups is 2. The van der Waals surface area contributed by atoms with Crippen LogP contribution in [0, 0.1) is 0 Å². The van der Waals surface area contributed by atoms with Crippen molar-refractivity contribution in [1.29, 1.82) is 0 Å². The Morgan fingerprint density at radius 3 is 2.47 bits per heavy atom. The summed E-state index contributed by atoms with van der Waals surface area (Å²) in [5.41, 5.74) is 1.75. The van der Waals surface area contributed by atoms with Crippen LogP contribution in [0.2, 0.25) is 0 Å². The lowest BCUT2D eigenvalue weighted by Gasteiger charge is -2.02. The number of halogens is 1. The third-order valence-electron chi connectivity index (χ3n) is 2.77. The molecule has 0 atom stereocenters. The Labute approximate surface area is 104 Å². The zero-order valence-electron chi connectivity index (χ0n) is 9.06. The van der Waals surface area contributed by atoms with Crippen molar-refractivity contribution in [3.05, 3.63) is 21.7 Å². The number of fused-ring (bicyclic) bond motifs is 3. The van der Waals surface area contributed by atoms with E-state index in [9.17, 15) is 9.59 Å². The van der Waals surface area contributed by atoms with Gasteiger partial charge in [-0.1, -0.05) is 0 Å². The highest BCUT2D eigenvalue weighted by Gasteiger charge is 2.37. The second-order valence-corrected chi connectivity index (χ2v) is 4.69. The van der Waals surface area contributed by atoms with Crippen molar-refractivity contribution >= 4 is 38.8 Å². The predicted octanol–water partition coefficient (Wildman–Crippen LogP) is 0.957. The summed E-state index contributed by atoms with van der Waals surface area (Å²) in [5.74, 6) is -0.652. The van der Waals surface area contributed by atoms with Crippen LogP contribution in [0.5, 0.6) is 0 Å². The molecule has 0 radical (unpaired) electrons. The number of benzene rings is 1. The summed E-state index contributed by atoms with van der Waals surface area (Å²) in [5, 5.41) is 8.26. The highest BCUT2D eigenvalue weighted by Crippen LogP contribution is 2.33. The molecule has 0 N–H and O–H groups in total. The molecule has 1 aromatic heterocycles. The Hall–Kier alpha value is -1.76. The molecule has 2 amide bonds. The molecule has 0 bridgehead atoms. The number of imide groups is 1. The van der Waals surface area contributed by atoms with Crippen LogP contribution in [0.15, 0.2) is 10.5 Å². The molecule has 3 rings (SSSR count). The lowest BCUT2D eigenvalue weighted by molar-refractivity contribution is 0.0693. The quantitative estimate of drug-likeness (QED) is 0.679. The van der Waals surface area contributed by atoms with Crippen molar-refractivity contribution in [3.63, 3.8) is 0 Å². The Kier molecular flexibility index (Phi) is 1.91. The fourth-order valence-electron chi connectivity index (χ4n) is 1.97. The summed E-state index contributed by atoms with van der Waals surface area (Å²) < 4.78 is 0.572. The van der Waals surface area contributed by atoms with Crippen LogP contribution < -0.4 is 0 Å². The molecule has 6 nitrogen and oxygen atoms in total. The van der Waals surface area contributed by atoms with Crippen molar-refractivity contribution in [3.8, 4) is 0 Å². The molecule has 0 saturated carbocycles. The van der Waals surface area contributed by atoms with Crippen LogP contribution in [0.3, 0.4) is 0 Å². The normalized spacial score (nSPS) is 14.9. The monoisotopic (exact) mass is 294 g/mol. The van der Waals surface area contributed by atoms with Crippen molar-refractivity contribution < 1.29 is 9.59 Å². The van der Waals surface area contributed by atoms with Gasteiger partial charge in [-0.2, -0.15) is 15.0 Å². The molecule has 7 heteroatoms. The second-order valence-electron chi connectivity index (χ2n) is 3.83. The molecular formula is C10H7BrN4O2. The van der Waals surface area contributed by atoms with E-state index in [2.05, 4.69) is 26.1 Å². The van der Waals surface area contributed by atoms with Crippen molar-refractivity contribution in [1.82, 2.24) is 19.9 Å². The van der Waals surface area contributed by atoms with E-state index in [0.717, 1.165) is 4.90 Å². The van der Waals surface area contributed by atoms with Gasteiger partial charge in [0.15, 0.2) is 0 Å². The first-order valence-corrected chi connectivity index (χ1v) is 5.66. The van der Waals surface area contributed by atoms with Gasteiger partial charge in [-0.25, -0.2) is 0 Å². The molecule has 2 heterocycles. The molecule has 1 aliphatic rings. The maximum absolute atomic E-state index is 12.0. The van der Waals surface area contributed by atoms with Gasteiger partial charge in [-0.15, -0.1) is 0 Å². The number of nitrogens with zero attached hydrogens (tertiary/aromatic N) is 4. The van der Waals surface area contributed by atoms with Gasteiger partial charge in [0.2, 0.25) is 0 Å². The number of aryl methyl sites for hydroxylation is 1. The lowest BCUT2D eigenvalue weighted by atomic mass is 10.1. The minimum absolute atomic E-state index is 0.315. The van der Waals surface area contributed by atoms with Gasteiger partial charge in [0.05, 0.1) is 11.1 Å². The zero-order valence-corrected chi connectivity index (χ0v) is 10.6. The molecule has 0 spiro atoms. The molecule has 1 aliphatic heterocycles. The van der Waals surface area contributed by atoms with Crippen LogP contribution in [0.4, 0.5) is 0 Å². The van der Waals surface area contributed by atoms with E-state index in [0.29, 0.717) is 26.6 Å². The van der Waals surface area contributed by atoms with E-state index in [1.807, 2.05) is 0 Å². The highest BCUT2D eigenvalue weighted by atomic mass is 79.9. The summed E-state index contributed by atoms with van der Waals surface area (Å²) in [6.07, 6.45) is 0. The number of aromatic nitrogens is 3. The topological polar surface area (TPSA) is 68.1 Å². The molecule has 1 aromatic carbocycles. The van der Waals surface area contributed by atoms with E-state index in [4.69, 9.17) is 0 Å². The largest absolute Gasteiger partial charge is 0.277 e. The van der Waals surface area contributed by atoms with Gasteiger partial charge in [-0.05, 0) is 22.0 Å². The highest BCUT2D eigenvalue weighted by molar-refractivity contribution is 9.10. The molecule has 0 saturated heterocycles. The van der Waals surface area contributed by atoms with E-state index in [-0.39, 0.29) is 11.8 Å². The van der Waals surface area contributed by atoms with Gasteiger partial charge in [0.25, 0.3) is 11.8 Å². The SMILES string of the molecule is CN1C(=O)c2c(Br)cc3nn(C)nc3c2C1=O. The molecule has 0 aliphatic carbocycles. The van der Waals surface area contributed by atoms with Crippen LogP contribution in [-0.4, -0.2) is 38.8 Å². The zero-order chi connectivity index (χ0) is 12.3. The first-order chi connectivity index (χ1) is 8.00. The summed E-state index contributed by atoms with van der Waals surface area (Å²) >= 11 is 3.30. The fraction of sp³-hybridized carbons (Fsp3) is 0.200. The predicted molar refractivity (Wildman–Crippen MR) is 62.6 cm³/mol. The number of rotatable bonds is 0. The third-order valence-corrected chi connectivity index (χ3v) is 3.39. The molecule has 17 heavy (non-hydrogen) atoms. The molecule has 0 fully saturated rings. The maximum atomic E-state index is 12.0. The summed E-state index contributed by atoms with van der Waals surface area (Å²) in [6.45, 7) is 0. The molecule has 86 valence electrons. The Morgan fingerprint density at radius 2 is 1.76 bits per heavy atom. The average molecular weight is 295 g/mol. The molecule has 2 aromatic rings. The van der Waals surface area contributed by atoms with Crippen molar-refractivity contribution in [2.45, 2.75) is 0 Å². The minimum atomic E-state index is -0.336. The van der Waals surface area contributed by atoms with Crippen molar-refractivity contribution in [2.24, 2.45) is 7.05 Å². The lowest BCUT2D eigenvalue weighted by Crippen LogP contribution is -2.24. The minimum Gasteiger partial charge on any atom is -0.277 e. The average Bonchev–Trinajstić information content (AvgIpc) is 2.72. The maximum Gasteiger partial charge on any atom is 0.263 e. The van der Waals surface area contributed by atoms with Crippen LogP contribution in [-0.2, 0) is 7.05 Å². The molecule has 0 unspecified atom stereocenters. The fourth-order valence-corrected chi connectivity index (χ4v) is 2.56. The Morgan fingerprint density at radius 1 is 1.12 bits per heavy atom. The van der Waals surface area contributed by atoms with Crippen molar-refractivity contribution in [2.75, 3.05) is 7.05 Å². The Bertz CT molecular complexity index is 691. The van der Waals surface area contributed by atoms with Crippen LogP contribution in [0.25, 0.3) is 11.0 Å². The first-order valence-electron chi connectivity index (χ1n) is 4.86. The van der Waals surface area contributed by atoms with E-state index >= 15 is 0 Å². The van der Waals surface area contributed by atoms with Gasteiger partial charge >= 0.3 is 0 Å². The summed E-state index contributed by atoms with van der Waals surface area (Å²) in [4.78, 5) is 26.4. The smallest absolute Gasteiger partial charge is 0.263 e. The van der Waals surface area contributed by atoms with E-state index in [1.54, 1.807) is 13.1 Å². The van der Waals surface area contributed by atoms with Gasteiger partial charge in [0.1, 0.15) is 11.0 Å². The Balaban J connectivity index is 2.50. The second kappa shape index (κ2) is 3.13. The number of hydrogen-bond donors (Lipinski definition) is 0. The van der Waals surface area contributed by atoms with Gasteiger partial charge in [0, 0.05) is 18.6 Å².